The average Bonchev–Trinajstić information content (AvgIpc) is 2.23. The highest BCUT2D eigenvalue weighted by Gasteiger charge is 2.65. The lowest BCUT2D eigenvalue weighted by atomic mass is 10.1. The lowest BCUT2D eigenvalue weighted by Gasteiger charge is -2.40. The fourth-order valence-corrected chi connectivity index (χ4v) is 2.61. The molecule has 0 fully saturated rings. The first kappa shape index (κ1) is 19.2. The maximum atomic E-state index is 13.7. The number of rotatable bonds is 3. The summed E-state index contributed by atoms with van der Waals surface area (Å²) in [7, 11) is -9.93. The Morgan fingerprint density at radius 3 is 2.00 bits per heavy atom. The van der Waals surface area contributed by atoms with Crippen LogP contribution in [0.15, 0.2) is 27.5 Å². The first-order valence-corrected chi connectivity index (χ1v) is 8.99. The molecule has 0 heterocycles. The quantitative estimate of drug-likeness (QED) is 0.380. The second-order valence-electron chi connectivity index (χ2n) is 5.65. The van der Waals surface area contributed by atoms with E-state index in [1.807, 2.05) is 0 Å². The van der Waals surface area contributed by atoms with Gasteiger partial charge < -0.3 is 4.55 Å². The van der Waals surface area contributed by atoms with Gasteiger partial charge in [-0.2, -0.15) is 0 Å². The zero-order valence-electron chi connectivity index (χ0n) is 12.2. The van der Waals surface area contributed by atoms with Crippen LogP contribution in [0.4, 0.5) is 23.8 Å². The van der Waals surface area contributed by atoms with Gasteiger partial charge in [0, 0.05) is 5.56 Å². The van der Waals surface area contributed by atoms with Crippen molar-refractivity contribution in [2.75, 3.05) is 0 Å². The third-order valence-electron chi connectivity index (χ3n) is 2.52. The number of hydrogen-bond acceptors (Lipinski definition) is 2. The number of halogens is 6. The first-order valence-electron chi connectivity index (χ1n) is 5.93. The second kappa shape index (κ2) is 4.81. The van der Waals surface area contributed by atoms with E-state index in [0.29, 0.717) is 6.07 Å². The van der Waals surface area contributed by atoms with Gasteiger partial charge in [-0.1, -0.05) is 23.8 Å². The molecule has 0 aliphatic heterocycles. The van der Waals surface area contributed by atoms with Crippen LogP contribution in [0.5, 0.6) is 0 Å². The molecular weight excluding hydrogens is 352 g/mol. The Hall–Kier alpha value is -0.870. The fraction of sp³-hybridized carbons (Fsp3) is 0.417. The van der Waals surface area contributed by atoms with E-state index in [2.05, 4.69) is 4.40 Å². The molecule has 0 spiro atoms. The number of benzene rings is 1. The molecule has 22 heavy (non-hydrogen) atoms. The highest BCUT2D eigenvalue weighted by Crippen LogP contribution is 3.02. The van der Waals surface area contributed by atoms with Gasteiger partial charge in [0.05, 0.1) is 5.71 Å². The van der Waals surface area contributed by atoms with E-state index in [-0.39, 0.29) is 17.8 Å². The van der Waals surface area contributed by atoms with Crippen LogP contribution in [0, 0.1) is 5.82 Å². The Morgan fingerprint density at radius 1 is 1.14 bits per heavy atom. The molecule has 0 aliphatic carbocycles. The highest BCUT2D eigenvalue weighted by molar-refractivity contribution is 8.45. The lowest BCUT2D eigenvalue weighted by Crippen LogP contribution is -2.26. The van der Waals surface area contributed by atoms with Crippen molar-refractivity contribution >= 4 is 27.3 Å². The molecule has 0 radical (unpaired) electrons. The van der Waals surface area contributed by atoms with E-state index in [4.69, 9.17) is 0 Å². The van der Waals surface area contributed by atoms with Gasteiger partial charge in [0.2, 0.25) is 0 Å². The summed E-state index contributed by atoms with van der Waals surface area (Å²) < 4.78 is 91.4. The smallest absolute Gasteiger partial charge is 0.310 e. The zero-order chi connectivity index (χ0) is 17.6. The molecule has 1 aromatic carbocycles. The van der Waals surface area contributed by atoms with E-state index >= 15 is 0 Å². The molecule has 1 atom stereocenters. The Balaban J connectivity index is 3.30. The Morgan fingerprint density at radius 2 is 1.64 bits per heavy atom. The van der Waals surface area contributed by atoms with Crippen molar-refractivity contribution in [3.05, 3.63) is 29.6 Å². The van der Waals surface area contributed by atoms with Crippen molar-refractivity contribution in [2.24, 2.45) is 4.40 Å². The average molecular weight is 367 g/mol. The fourth-order valence-electron chi connectivity index (χ4n) is 1.34. The minimum atomic E-state index is -9.93. The maximum absolute atomic E-state index is 13.7. The highest BCUT2D eigenvalue weighted by atomic mass is 32.5. The van der Waals surface area contributed by atoms with Crippen LogP contribution in [-0.4, -0.2) is 15.0 Å². The van der Waals surface area contributed by atoms with Crippen LogP contribution in [0.3, 0.4) is 0 Å². The largest absolute Gasteiger partial charge is 0.591 e. The SMILES string of the molecule is CC(=N[S+]([O-])C(C)(C)C)c1ccc(S(F)(F)(F)(F)F)cc1F. The molecule has 2 nitrogen and oxygen atoms in total. The van der Waals surface area contributed by atoms with Crippen molar-refractivity contribution in [2.45, 2.75) is 37.3 Å². The molecule has 0 aromatic heterocycles. The summed E-state index contributed by atoms with van der Waals surface area (Å²) in [6, 6.07) is 0.385. The summed E-state index contributed by atoms with van der Waals surface area (Å²) >= 11 is -1.76. The normalized spacial score (nSPS) is 18.6. The number of nitrogens with zero attached hydrogens (tertiary/aromatic N) is 1. The molecule has 1 aromatic rings. The van der Waals surface area contributed by atoms with E-state index < -0.39 is 42.6 Å². The molecule has 0 amide bonds. The summed E-state index contributed by atoms with van der Waals surface area (Å²) in [5.41, 5.74) is -0.553. The molecule has 0 saturated carbocycles. The van der Waals surface area contributed by atoms with Crippen LogP contribution in [0.2, 0.25) is 0 Å². The molecule has 0 aliphatic rings. The second-order valence-corrected chi connectivity index (χ2v) is 9.96. The summed E-state index contributed by atoms with van der Waals surface area (Å²) in [6.45, 7) is 6.05. The van der Waals surface area contributed by atoms with Crippen LogP contribution in [0.1, 0.15) is 33.3 Å². The molecule has 128 valence electrons. The third kappa shape index (κ3) is 4.82. The minimum Gasteiger partial charge on any atom is -0.591 e. The molecule has 1 rings (SSSR count). The van der Waals surface area contributed by atoms with Crippen LogP contribution >= 0.6 is 10.2 Å². The van der Waals surface area contributed by atoms with Crippen LogP contribution in [-0.2, 0) is 11.4 Å². The summed E-state index contributed by atoms with van der Waals surface area (Å²) in [5.74, 6) is -1.50. The van der Waals surface area contributed by atoms with Gasteiger partial charge in [0.25, 0.3) is 0 Å². The predicted molar refractivity (Wildman–Crippen MR) is 77.9 cm³/mol. The van der Waals surface area contributed by atoms with Crippen molar-refractivity contribution in [3.63, 3.8) is 0 Å². The summed E-state index contributed by atoms with van der Waals surface area (Å²) in [6.07, 6.45) is 0. The number of hydrogen-bond donors (Lipinski definition) is 0. The predicted octanol–water partition coefficient (Wildman–Crippen LogP) is 5.75. The van der Waals surface area contributed by atoms with E-state index in [1.54, 1.807) is 20.8 Å². The third-order valence-corrected chi connectivity index (χ3v) is 5.15. The molecule has 10 heteroatoms. The van der Waals surface area contributed by atoms with Gasteiger partial charge in [0.1, 0.15) is 26.8 Å². The van der Waals surface area contributed by atoms with Crippen molar-refractivity contribution in [1.29, 1.82) is 0 Å². The van der Waals surface area contributed by atoms with Gasteiger partial charge >= 0.3 is 10.2 Å². The van der Waals surface area contributed by atoms with Crippen LogP contribution in [0.25, 0.3) is 0 Å². The van der Waals surface area contributed by atoms with Crippen LogP contribution < -0.4 is 0 Å². The van der Waals surface area contributed by atoms with Gasteiger partial charge in [0.15, 0.2) is 0 Å². The summed E-state index contributed by atoms with van der Waals surface area (Å²) in [4.78, 5) is -2.31. The standard InChI is InChI=1S/C12H15F6NOS2/c1-8(19-21(20)12(2,3)4)10-6-5-9(7-11(10)13)22(14,15,16,17)18/h5-7H,1-4H3. The molecule has 1 unspecified atom stereocenters. The zero-order valence-corrected chi connectivity index (χ0v) is 13.8. The van der Waals surface area contributed by atoms with Gasteiger partial charge in [-0.05, 0) is 45.9 Å². The molecule has 0 N–H and O–H groups in total. The van der Waals surface area contributed by atoms with E-state index in [0.717, 1.165) is 0 Å². The van der Waals surface area contributed by atoms with Crippen molar-refractivity contribution in [1.82, 2.24) is 0 Å². The molecule has 0 saturated heterocycles. The Kier molecular flexibility index (Phi) is 4.19. The molecular formula is C12H15F6NOS2. The van der Waals surface area contributed by atoms with Gasteiger partial charge in [-0.15, -0.1) is 0 Å². The lowest BCUT2D eigenvalue weighted by molar-refractivity contribution is 0.363. The Bertz CT molecular complexity index is 621. The van der Waals surface area contributed by atoms with E-state index in [9.17, 15) is 28.4 Å². The topological polar surface area (TPSA) is 35.4 Å². The monoisotopic (exact) mass is 367 g/mol. The minimum absolute atomic E-state index is 0.0962. The van der Waals surface area contributed by atoms with E-state index in [1.165, 1.54) is 6.92 Å². The maximum Gasteiger partial charge on any atom is 0.310 e. The van der Waals surface area contributed by atoms with Crippen molar-refractivity contribution in [3.8, 4) is 0 Å². The molecule has 0 bridgehead atoms. The van der Waals surface area contributed by atoms with Crippen molar-refractivity contribution < 1.29 is 28.4 Å². The Labute approximate surface area is 127 Å². The first-order chi connectivity index (χ1) is 9.41. The van der Waals surface area contributed by atoms with Gasteiger partial charge in [-0.3, -0.25) is 0 Å². The summed E-state index contributed by atoms with van der Waals surface area (Å²) in [5, 5.41) is 0. The van der Waals surface area contributed by atoms with Gasteiger partial charge in [-0.25, -0.2) is 4.39 Å².